The number of nitrogens with zero attached hydrogens (tertiary/aromatic N) is 1. The van der Waals surface area contributed by atoms with E-state index in [1.807, 2.05) is 0 Å². The molecule has 2 amide bonds. The highest BCUT2D eigenvalue weighted by Gasteiger charge is 2.27. The molecule has 0 aliphatic carbocycles. The summed E-state index contributed by atoms with van der Waals surface area (Å²) in [5.74, 6) is -1.47. The van der Waals surface area contributed by atoms with E-state index >= 15 is 0 Å². The fourth-order valence-electron chi connectivity index (χ4n) is 1.71. The Kier molecular flexibility index (Phi) is 5.71. The Morgan fingerprint density at radius 1 is 1.38 bits per heavy atom. The Bertz CT molecular complexity index is 544. The maximum atomic E-state index is 13.4. The normalized spacial score (nSPS) is 11.1. The molecule has 1 aromatic carbocycles. The number of aliphatic carboxylic acids is 1. The molecule has 1 aromatic rings. The largest absolute Gasteiger partial charge is 0.481 e. The van der Waals surface area contributed by atoms with Crippen LogP contribution in [0.3, 0.4) is 0 Å². The predicted octanol–water partition coefficient (Wildman–Crippen LogP) is 3.70. The average Bonchev–Trinajstić information content (AvgIpc) is 2.32. The van der Waals surface area contributed by atoms with E-state index in [-0.39, 0.29) is 13.0 Å². The molecule has 0 saturated heterocycles. The lowest BCUT2D eigenvalue weighted by molar-refractivity contribution is -0.137. The molecule has 0 aliphatic heterocycles. The first-order chi connectivity index (χ1) is 9.61. The molecule has 116 valence electrons. The number of hydrogen-bond acceptors (Lipinski definition) is 2. The third-order valence-corrected chi connectivity index (χ3v) is 3.42. The van der Waals surface area contributed by atoms with Crippen LogP contribution in [0.25, 0.3) is 0 Å². The standard InChI is InChI=1S/C14H18BrFN2O3/c1-14(2,3)18(7-6-12(19)20)13(21)17-9-4-5-10(15)11(16)8-9/h4-5,8H,6-7H2,1-3H3,(H,17,21)(H,19,20). The molecule has 0 fully saturated rings. The average molecular weight is 361 g/mol. The van der Waals surface area contributed by atoms with E-state index < -0.39 is 23.4 Å². The lowest BCUT2D eigenvalue weighted by Gasteiger charge is -2.35. The molecule has 0 bridgehead atoms. The van der Waals surface area contributed by atoms with Crippen LogP contribution < -0.4 is 5.32 Å². The van der Waals surface area contributed by atoms with Gasteiger partial charge >= 0.3 is 12.0 Å². The molecule has 2 N–H and O–H groups in total. The summed E-state index contributed by atoms with van der Waals surface area (Å²) in [6.45, 7) is 5.48. The maximum Gasteiger partial charge on any atom is 0.322 e. The van der Waals surface area contributed by atoms with Gasteiger partial charge in [-0.1, -0.05) is 0 Å². The van der Waals surface area contributed by atoms with Gasteiger partial charge in [0, 0.05) is 17.8 Å². The monoisotopic (exact) mass is 360 g/mol. The second-order valence-corrected chi connectivity index (χ2v) is 6.38. The first kappa shape index (κ1) is 17.4. The molecular formula is C14H18BrFN2O3. The van der Waals surface area contributed by atoms with E-state index in [0.29, 0.717) is 10.2 Å². The number of amides is 2. The van der Waals surface area contributed by atoms with Gasteiger partial charge in [0.2, 0.25) is 0 Å². The first-order valence-corrected chi connectivity index (χ1v) is 7.16. The Labute approximate surface area is 131 Å². The molecule has 0 heterocycles. The lowest BCUT2D eigenvalue weighted by Crippen LogP contribution is -2.48. The Morgan fingerprint density at radius 3 is 2.48 bits per heavy atom. The molecule has 1 rings (SSSR count). The summed E-state index contributed by atoms with van der Waals surface area (Å²) in [5, 5.41) is 11.3. The highest BCUT2D eigenvalue weighted by molar-refractivity contribution is 9.10. The van der Waals surface area contributed by atoms with E-state index in [4.69, 9.17) is 5.11 Å². The van der Waals surface area contributed by atoms with Crippen molar-refractivity contribution in [2.24, 2.45) is 0 Å². The summed E-state index contributed by atoms with van der Waals surface area (Å²) in [7, 11) is 0. The summed E-state index contributed by atoms with van der Waals surface area (Å²) in [4.78, 5) is 24.3. The van der Waals surface area contributed by atoms with Crippen LogP contribution in [-0.4, -0.2) is 34.1 Å². The van der Waals surface area contributed by atoms with Gasteiger partial charge in [0.05, 0.1) is 10.9 Å². The molecular weight excluding hydrogens is 343 g/mol. The van der Waals surface area contributed by atoms with Gasteiger partial charge in [-0.2, -0.15) is 0 Å². The molecule has 0 saturated carbocycles. The zero-order chi connectivity index (χ0) is 16.2. The van der Waals surface area contributed by atoms with Crippen LogP contribution in [0.5, 0.6) is 0 Å². The van der Waals surface area contributed by atoms with Crippen molar-refractivity contribution in [2.75, 3.05) is 11.9 Å². The molecule has 7 heteroatoms. The Balaban J connectivity index is 2.85. The third kappa shape index (κ3) is 5.34. The topological polar surface area (TPSA) is 69.6 Å². The minimum Gasteiger partial charge on any atom is -0.481 e. The van der Waals surface area contributed by atoms with Crippen LogP contribution in [-0.2, 0) is 4.79 Å². The Morgan fingerprint density at radius 2 is 2.00 bits per heavy atom. The van der Waals surface area contributed by atoms with Crippen LogP contribution in [0.15, 0.2) is 22.7 Å². The molecule has 0 spiro atoms. The molecule has 0 atom stereocenters. The molecule has 0 aromatic heterocycles. The van der Waals surface area contributed by atoms with Crippen molar-refractivity contribution in [3.63, 3.8) is 0 Å². The molecule has 0 radical (unpaired) electrons. The van der Waals surface area contributed by atoms with Crippen molar-refractivity contribution in [3.05, 3.63) is 28.5 Å². The summed E-state index contributed by atoms with van der Waals surface area (Å²) in [5.41, 5.74) is -0.238. The first-order valence-electron chi connectivity index (χ1n) is 6.36. The zero-order valence-corrected chi connectivity index (χ0v) is 13.7. The number of rotatable bonds is 4. The summed E-state index contributed by atoms with van der Waals surface area (Å²) in [6, 6.07) is 3.78. The highest BCUT2D eigenvalue weighted by atomic mass is 79.9. The van der Waals surface area contributed by atoms with Gasteiger partial charge in [-0.05, 0) is 54.9 Å². The summed E-state index contributed by atoms with van der Waals surface area (Å²) >= 11 is 3.03. The van der Waals surface area contributed by atoms with Gasteiger partial charge in [-0.25, -0.2) is 9.18 Å². The number of carbonyl (C=O) groups is 2. The van der Waals surface area contributed by atoms with Crippen molar-refractivity contribution < 1.29 is 19.1 Å². The van der Waals surface area contributed by atoms with Crippen molar-refractivity contribution in [1.82, 2.24) is 4.90 Å². The molecule has 0 unspecified atom stereocenters. The zero-order valence-electron chi connectivity index (χ0n) is 12.1. The number of halogens is 2. The van der Waals surface area contributed by atoms with E-state index in [0.717, 1.165) is 0 Å². The maximum absolute atomic E-state index is 13.4. The van der Waals surface area contributed by atoms with Gasteiger partial charge in [-0.3, -0.25) is 4.79 Å². The third-order valence-electron chi connectivity index (χ3n) is 2.78. The highest BCUT2D eigenvalue weighted by Crippen LogP contribution is 2.21. The fourth-order valence-corrected chi connectivity index (χ4v) is 1.96. The van der Waals surface area contributed by atoms with E-state index in [1.165, 1.54) is 17.0 Å². The second kappa shape index (κ2) is 6.89. The molecule has 5 nitrogen and oxygen atoms in total. The number of anilines is 1. The van der Waals surface area contributed by atoms with Crippen LogP contribution in [0.4, 0.5) is 14.9 Å². The minimum atomic E-state index is -0.980. The van der Waals surface area contributed by atoms with E-state index in [9.17, 15) is 14.0 Å². The van der Waals surface area contributed by atoms with Crippen LogP contribution in [0, 0.1) is 5.82 Å². The van der Waals surface area contributed by atoms with Crippen LogP contribution in [0.1, 0.15) is 27.2 Å². The van der Waals surface area contributed by atoms with Gasteiger partial charge in [0.1, 0.15) is 5.82 Å². The smallest absolute Gasteiger partial charge is 0.322 e. The van der Waals surface area contributed by atoms with Gasteiger partial charge in [0.15, 0.2) is 0 Å². The molecule has 0 aliphatic rings. The van der Waals surface area contributed by atoms with Gasteiger partial charge in [-0.15, -0.1) is 0 Å². The van der Waals surface area contributed by atoms with Crippen LogP contribution in [0.2, 0.25) is 0 Å². The van der Waals surface area contributed by atoms with Crippen molar-refractivity contribution in [3.8, 4) is 0 Å². The predicted molar refractivity (Wildman–Crippen MR) is 81.8 cm³/mol. The molecule has 21 heavy (non-hydrogen) atoms. The number of nitrogens with one attached hydrogen (secondary N) is 1. The lowest BCUT2D eigenvalue weighted by atomic mass is 10.1. The number of hydrogen-bond donors (Lipinski definition) is 2. The van der Waals surface area contributed by atoms with E-state index in [2.05, 4.69) is 21.2 Å². The number of carboxylic acids is 1. The number of carbonyl (C=O) groups excluding carboxylic acids is 1. The summed E-state index contributed by atoms with van der Waals surface area (Å²) < 4.78 is 13.7. The number of benzene rings is 1. The number of carboxylic acid groups (broad SMARTS) is 1. The fraction of sp³-hybridized carbons (Fsp3) is 0.429. The van der Waals surface area contributed by atoms with Crippen LogP contribution >= 0.6 is 15.9 Å². The summed E-state index contributed by atoms with van der Waals surface area (Å²) in [6.07, 6.45) is -0.153. The second-order valence-electron chi connectivity index (χ2n) is 5.53. The van der Waals surface area contributed by atoms with Crippen molar-refractivity contribution in [2.45, 2.75) is 32.7 Å². The minimum absolute atomic E-state index is 0.0731. The number of urea groups is 1. The Hall–Kier alpha value is -1.63. The quantitative estimate of drug-likeness (QED) is 0.859. The van der Waals surface area contributed by atoms with Gasteiger partial charge < -0.3 is 15.3 Å². The van der Waals surface area contributed by atoms with Gasteiger partial charge in [0.25, 0.3) is 0 Å². The SMILES string of the molecule is CC(C)(C)N(CCC(=O)O)C(=O)Nc1ccc(Br)c(F)c1. The van der Waals surface area contributed by atoms with Crippen molar-refractivity contribution in [1.29, 1.82) is 0 Å². The van der Waals surface area contributed by atoms with Crippen molar-refractivity contribution >= 4 is 33.6 Å². The van der Waals surface area contributed by atoms with E-state index in [1.54, 1.807) is 26.8 Å².